The minimum absolute atomic E-state index is 0.214. The molecule has 1 aromatic heterocycles. The van der Waals surface area contributed by atoms with E-state index in [1.807, 2.05) is 18.2 Å². The van der Waals surface area contributed by atoms with Crippen LogP contribution in [0.5, 0.6) is 0 Å². The Hall–Kier alpha value is -2.73. The van der Waals surface area contributed by atoms with Gasteiger partial charge in [0.05, 0.1) is 11.1 Å². The van der Waals surface area contributed by atoms with Gasteiger partial charge >= 0.3 is 0 Å². The smallest absolute Gasteiger partial charge is 0.141 e. The van der Waals surface area contributed by atoms with Crippen molar-refractivity contribution in [3.8, 4) is 11.8 Å². The summed E-state index contributed by atoms with van der Waals surface area (Å²) in [6, 6.07) is 12.9. The van der Waals surface area contributed by atoms with Crippen molar-refractivity contribution < 1.29 is 8.78 Å². The average Bonchev–Trinajstić information content (AvgIpc) is 2.47. The van der Waals surface area contributed by atoms with Crippen molar-refractivity contribution >= 4 is 10.9 Å². The first-order valence-electron chi connectivity index (χ1n) is 6.05. The maximum absolute atomic E-state index is 13.5. The second-order valence-electron chi connectivity index (χ2n) is 4.22. The Morgan fingerprint density at radius 2 is 1.55 bits per heavy atom. The summed E-state index contributed by atoms with van der Waals surface area (Å²) in [5.74, 6) is 4.06. The molecule has 0 fully saturated rings. The van der Waals surface area contributed by atoms with Gasteiger partial charge in [0.2, 0.25) is 0 Å². The van der Waals surface area contributed by atoms with Gasteiger partial charge in [0.25, 0.3) is 0 Å². The van der Waals surface area contributed by atoms with Gasteiger partial charge in [-0.1, -0.05) is 30.0 Å². The molecule has 0 unspecified atom stereocenters. The summed E-state index contributed by atoms with van der Waals surface area (Å²) < 4.78 is 27.0. The van der Waals surface area contributed by atoms with E-state index < -0.39 is 11.6 Å². The van der Waals surface area contributed by atoms with E-state index in [0.717, 1.165) is 10.9 Å². The van der Waals surface area contributed by atoms with E-state index in [1.54, 1.807) is 18.3 Å². The Kier molecular flexibility index (Phi) is 3.14. The summed E-state index contributed by atoms with van der Waals surface area (Å²) in [6.45, 7) is 0. The van der Waals surface area contributed by atoms with Crippen LogP contribution in [0.3, 0.4) is 0 Å². The largest absolute Gasteiger partial charge is 0.256 e. The molecule has 0 aliphatic rings. The molecule has 0 saturated heterocycles. The molecule has 0 aliphatic carbocycles. The predicted molar refractivity (Wildman–Crippen MR) is 74.1 cm³/mol. The highest BCUT2D eigenvalue weighted by Gasteiger charge is 2.05. The molecule has 96 valence electrons. The monoisotopic (exact) mass is 265 g/mol. The lowest BCUT2D eigenvalue weighted by atomic mass is 10.1. The van der Waals surface area contributed by atoms with Gasteiger partial charge in [0.1, 0.15) is 11.6 Å². The molecule has 2 aromatic carbocycles. The molecule has 20 heavy (non-hydrogen) atoms. The summed E-state index contributed by atoms with van der Waals surface area (Å²) in [6.07, 6.45) is 1.69. The van der Waals surface area contributed by atoms with Crippen LogP contribution in [-0.4, -0.2) is 4.98 Å². The molecule has 0 saturated carbocycles. The highest BCUT2D eigenvalue weighted by atomic mass is 19.1. The van der Waals surface area contributed by atoms with E-state index in [1.165, 1.54) is 18.2 Å². The zero-order valence-corrected chi connectivity index (χ0v) is 10.4. The molecule has 3 heteroatoms. The summed E-state index contributed by atoms with van der Waals surface area (Å²) in [5, 5.41) is 0.860. The van der Waals surface area contributed by atoms with Crippen LogP contribution in [0.15, 0.2) is 54.7 Å². The van der Waals surface area contributed by atoms with Crippen molar-refractivity contribution in [3.63, 3.8) is 0 Å². The highest BCUT2D eigenvalue weighted by molar-refractivity contribution is 5.84. The summed E-state index contributed by atoms with van der Waals surface area (Å²) in [4.78, 5) is 4.22. The van der Waals surface area contributed by atoms with E-state index in [2.05, 4.69) is 16.8 Å². The van der Waals surface area contributed by atoms with Crippen LogP contribution in [0.25, 0.3) is 10.9 Å². The van der Waals surface area contributed by atoms with E-state index >= 15 is 0 Å². The average molecular weight is 265 g/mol. The number of aromatic nitrogens is 1. The number of fused-ring (bicyclic) bond motifs is 1. The van der Waals surface area contributed by atoms with Crippen LogP contribution in [0.1, 0.15) is 11.1 Å². The lowest BCUT2D eigenvalue weighted by Crippen LogP contribution is -1.89. The summed E-state index contributed by atoms with van der Waals surface area (Å²) in [5.41, 5.74) is 1.28. The van der Waals surface area contributed by atoms with Crippen LogP contribution < -0.4 is 0 Å². The van der Waals surface area contributed by atoms with Crippen molar-refractivity contribution in [1.29, 1.82) is 0 Å². The van der Waals surface area contributed by atoms with Gasteiger partial charge < -0.3 is 0 Å². The zero-order chi connectivity index (χ0) is 13.9. The van der Waals surface area contributed by atoms with Gasteiger partial charge in [-0.2, -0.15) is 0 Å². The Labute approximate surface area is 114 Å². The van der Waals surface area contributed by atoms with Gasteiger partial charge in [-0.15, -0.1) is 0 Å². The van der Waals surface area contributed by atoms with Gasteiger partial charge in [-0.3, -0.25) is 4.98 Å². The molecule has 0 atom stereocenters. The van der Waals surface area contributed by atoms with Crippen molar-refractivity contribution in [2.45, 2.75) is 0 Å². The molecule has 0 spiro atoms. The fourth-order valence-electron chi connectivity index (χ4n) is 1.96. The predicted octanol–water partition coefficient (Wildman–Crippen LogP) is 3.91. The normalized spacial score (nSPS) is 10.1. The Morgan fingerprint density at radius 3 is 2.35 bits per heavy atom. The van der Waals surface area contributed by atoms with Crippen LogP contribution in [0, 0.1) is 23.5 Å². The second kappa shape index (κ2) is 5.10. The Balaban J connectivity index is 2.14. The van der Waals surface area contributed by atoms with E-state index in [4.69, 9.17) is 0 Å². The van der Waals surface area contributed by atoms with E-state index in [-0.39, 0.29) is 5.56 Å². The molecule has 0 radical (unpaired) electrons. The SMILES string of the molecule is Fc1cccc(F)c1C#Cc1cccc2ncccc12. The summed E-state index contributed by atoms with van der Waals surface area (Å²) >= 11 is 0. The first-order valence-corrected chi connectivity index (χ1v) is 6.05. The van der Waals surface area contributed by atoms with Crippen LogP contribution >= 0.6 is 0 Å². The quantitative estimate of drug-likeness (QED) is 0.561. The first-order chi connectivity index (χ1) is 9.75. The van der Waals surface area contributed by atoms with Crippen molar-refractivity contribution in [3.05, 3.63) is 77.5 Å². The van der Waals surface area contributed by atoms with Gasteiger partial charge in [0.15, 0.2) is 0 Å². The van der Waals surface area contributed by atoms with E-state index in [9.17, 15) is 8.78 Å². The lowest BCUT2D eigenvalue weighted by molar-refractivity contribution is 0.577. The number of halogens is 2. The van der Waals surface area contributed by atoms with Gasteiger partial charge in [-0.05, 0) is 30.3 Å². The summed E-state index contributed by atoms with van der Waals surface area (Å²) in [7, 11) is 0. The Bertz CT molecular complexity index is 819. The van der Waals surface area contributed by atoms with Crippen LogP contribution in [-0.2, 0) is 0 Å². The standard InChI is InChI=1S/C17H9F2N/c18-15-6-2-7-16(19)14(15)10-9-12-4-1-8-17-13(12)5-3-11-20-17/h1-8,11H. The third-order valence-corrected chi connectivity index (χ3v) is 2.93. The minimum atomic E-state index is -0.657. The molecule has 0 amide bonds. The molecule has 1 nitrogen and oxygen atoms in total. The van der Waals surface area contributed by atoms with E-state index in [0.29, 0.717) is 5.56 Å². The molecule has 0 aliphatic heterocycles. The second-order valence-corrected chi connectivity index (χ2v) is 4.22. The van der Waals surface area contributed by atoms with Crippen molar-refractivity contribution in [2.24, 2.45) is 0 Å². The fraction of sp³-hybridized carbons (Fsp3) is 0. The van der Waals surface area contributed by atoms with Crippen molar-refractivity contribution in [2.75, 3.05) is 0 Å². The maximum Gasteiger partial charge on any atom is 0.141 e. The number of rotatable bonds is 0. The van der Waals surface area contributed by atoms with Crippen molar-refractivity contribution in [1.82, 2.24) is 4.98 Å². The lowest BCUT2D eigenvalue weighted by Gasteiger charge is -1.99. The fourth-order valence-corrected chi connectivity index (χ4v) is 1.96. The third kappa shape index (κ3) is 2.24. The van der Waals surface area contributed by atoms with Gasteiger partial charge in [-0.25, -0.2) is 8.78 Å². The highest BCUT2D eigenvalue weighted by Crippen LogP contribution is 2.16. The molecule has 3 aromatic rings. The van der Waals surface area contributed by atoms with Crippen LogP contribution in [0.4, 0.5) is 8.78 Å². The number of benzene rings is 2. The minimum Gasteiger partial charge on any atom is -0.256 e. The number of nitrogens with zero attached hydrogens (tertiary/aromatic N) is 1. The topological polar surface area (TPSA) is 12.9 Å². The van der Waals surface area contributed by atoms with Crippen LogP contribution in [0.2, 0.25) is 0 Å². The first kappa shape index (κ1) is 12.3. The van der Waals surface area contributed by atoms with Gasteiger partial charge in [0, 0.05) is 17.1 Å². The molecule has 0 bridgehead atoms. The molecule has 0 N–H and O–H groups in total. The number of hydrogen-bond donors (Lipinski definition) is 0. The maximum atomic E-state index is 13.5. The molecular formula is C17H9F2N. The molecule has 3 rings (SSSR count). The third-order valence-electron chi connectivity index (χ3n) is 2.93. The Morgan fingerprint density at radius 1 is 0.800 bits per heavy atom. The number of pyridine rings is 1. The molecular weight excluding hydrogens is 256 g/mol. The molecule has 1 heterocycles. The number of hydrogen-bond acceptors (Lipinski definition) is 1. The zero-order valence-electron chi connectivity index (χ0n) is 10.4.